The normalized spacial score (nSPS) is 15.4. The summed E-state index contributed by atoms with van der Waals surface area (Å²) >= 11 is 0. The Hall–Kier alpha value is -2.27. The zero-order valence-corrected chi connectivity index (χ0v) is 12.4. The molecule has 0 aromatic heterocycles. The number of sulfone groups is 1. The van der Waals surface area contributed by atoms with Crippen molar-refractivity contribution in [3.63, 3.8) is 0 Å². The lowest BCUT2D eigenvalue weighted by Gasteiger charge is -2.11. The van der Waals surface area contributed by atoms with Crippen molar-refractivity contribution in [1.82, 2.24) is 0 Å². The molecule has 0 amide bonds. The van der Waals surface area contributed by atoms with Gasteiger partial charge in [-0.2, -0.15) is 0 Å². The largest absolute Gasteiger partial charge is 0.489 e. The van der Waals surface area contributed by atoms with Crippen LogP contribution in [0.5, 0.6) is 5.75 Å². The smallest absolute Gasteiger partial charge is 0.200 e. The number of hydrogen-bond donors (Lipinski definition) is 1. The Morgan fingerprint density at radius 3 is 2.62 bits per heavy atom. The van der Waals surface area contributed by atoms with Gasteiger partial charge in [0.15, 0.2) is 0 Å². The Morgan fingerprint density at radius 1 is 1.10 bits per heavy atom. The standard InChI is InChI=1S/C16H15NO3S/c1-11-5-2-3-7-14(11)20-9-12-10-21(18,19)15-8-4-6-13(17)16(12)15/h2-8,10H,9,17H2,1H3. The first-order valence-corrected chi connectivity index (χ1v) is 8.06. The molecule has 0 unspecified atom stereocenters. The first kappa shape index (κ1) is 13.7. The van der Waals surface area contributed by atoms with Crippen molar-refractivity contribution in [2.24, 2.45) is 0 Å². The third-order valence-electron chi connectivity index (χ3n) is 3.46. The number of nitrogens with two attached hydrogens (primary N) is 1. The highest BCUT2D eigenvalue weighted by Crippen LogP contribution is 2.37. The fraction of sp³-hybridized carbons (Fsp3) is 0.125. The molecule has 0 radical (unpaired) electrons. The summed E-state index contributed by atoms with van der Waals surface area (Å²) in [5.41, 5.74) is 8.52. The molecular formula is C16H15NO3S. The van der Waals surface area contributed by atoms with E-state index in [-0.39, 0.29) is 11.5 Å². The number of rotatable bonds is 3. The predicted molar refractivity (Wildman–Crippen MR) is 82.7 cm³/mol. The van der Waals surface area contributed by atoms with Crippen LogP contribution in [-0.2, 0) is 9.84 Å². The second-order valence-electron chi connectivity index (χ2n) is 4.96. The molecule has 0 saturated carbocycles. The van der Waals surface area contributed by atoms with Crippen molar-refractivity contribution in [2.75, 3.05) is 12.3 Å². The van der Waals surface area contributed by atoms with E-state index in [9.17, 15) is 8.42 Å². The van der Waals surface area contributed by atoms with E-state index in [4.69, 9.17) is 10.5 Å². The van der Waals surface area contributed by atoms with Crippen molar-refractivity contribution in [3.8, 4) is 5.75 Å². The zero-order chi connectivity index (χ0) is 15.0. The molecule has 0 saturated heterocycles. The van der Waals surface area contributed by atoms with Gasteiger partial charge in [-0.25, -0.2) is 8.42 Å². The minimum absolute atomic E-state index is 0.172. The van der Waals surface area contributed by atoms with E-state index in [1.165, 1.54) is 5.41 Å². The summed E-state index contributed by atoms with van der Waals surface area (Å²) in [4.78, 5) is 0.255. The van der Waals surface area contributed by atoms with Gasteiger partial charge in [0.2, 0.25) is 9.84 Å². The maximum Gasteiger partial charge on any atom is 0.200 e. The van der Waals surface area contributed by atoms with Crippen LogP contribution in [0.4, 0.5) is 5.69 Å². The highest BCUT2D eigenvalue weighted by Gasteiger charge is 2.28. The predicted octanol–water partition coefficient (Wildman–Crippen LogP) is 2.78. The molecule has 2 aromatic rings. The van der Waals surface area contributed by atoms with E-state index in [0.29, 0.717) is 16.8 Å². The lowest BCUT2D eigenvalue weighted by Crippen LogP contribution is -2.03. The van der Waals surface area contributed by atoms with Gasteiger partial charge < -0.3 is 10.5 Å². The molecule has 0 fully saturated rings. The molecular weight excluding hydrogens is 286 g/mol. The molecule has 0 bridgehead atoms. The van der Waals surface area contributed by atoms with Crippen molar-refractivity contribution >= 4 is 21.1 Å². The number of fused-ring (bicyclic) bond motifs is 1. The molecule has 0 aliphatic carbocycles. The van der Waals surface area contributed by atoms with Crippen LogP contribution < -0.4 is 10.5 Å². The molecule has 3 rings (SSSR count). The minimum Gasteiger partial charge on any atom is -0.489 e. The maximum atomic E-state index is 12.1. The van der Waals surface area contributed by atoms with Crippen molar-refractivity contribution in [3.05, 3.63) is 59.0 Å². The molecule has 21 heavy (non-hydrogen) atoms. The molecule has 0 spiro atoms. The molecule has 2 aromatic carbocycles. The fourth-order valence-corrected chi connectivity index (χ4v) is 3.91. The van der Waals surface area contributed by atoms with Crippen LogP contribution >= 0.6 is 0 Å². The van der Waals surface area contributed by atoms with Crippen LogP contribution in [0.1, 0.15) is 11.1 Å². The van der Waals surface area contributed by atoms with Gasteiger partial charge in [0.25, 0.3) is 0 Å². The third-order valence-corrected chi connectivity index (χ3v) is 5.01. The van der Waals surface area contributed by atoms with Gasteiger partial charge >= 0.3 is 0 Å². The van der Waals surface area contributed by atoms with Crippen molar-refractivity contribution in [1.29, 1.82) is 0 Å². The van der Waals surface area contributed by atoms with Gasteiger partial charge in [-0.15, -0.1) is 0 Å². The molecule has 1 aliphatic heterocycles. The second-order valence-corrected chi connectivity index (χ2v) is 6.73. The summed E-state index contributed by atoms with van der Waals surface area (Å²) in [6.07, 6.45) is 0. The number of benzene rings is 2. The summed E-state index contributed by atoms with van der Waals surface area (Å²) in [6, 6.07) is 12.5. The van der Waals surface area contributed by atoms with E-state index in [1.807, 2.05) is 31.2 Å². The topological polar surface area (TPSA) is 69.4 Å². The Morgan fingerprint density at radius 2 is 1.86 bits per heavy atom. The third kappa shape index (κ3) is 2.40. The van der Waals surface area contributed by atoms with Crippen LogP contribution in [0.3, 0.4) is 0 Å². The van der Waals surface area contributed by atoms with Crippen LogP contribution in [0.15, 0.2) is 52.8 Å². The summed E-state index contributed by atoms with van der Waals surface area (Å²) < 4.78 is 30.0. The fourth-order valence-electron chi connectivity index (χ4n) is 2.42. The van der Waals surface area contributed by atoms with Gasteiger partial charge in [-0.3, -0.25) is 0 Å². The molecule has 1 aliphatic rings. The second kappa shape index (κ2) is 4.93. The summed E-state index contributed by atoms with van der Waals surface area (Å²) in [6.45, 7) is 2.11. The van der Waals surface area contributed by atoms with Crippen LogP contribution in [0.2, 0.25) is 0 Å². The Balaban J connectivity index is 1.94. The number of para-hydroxylation sites is 1. The van der Waals surface area contributed by atoms with E-state index in [1.54, 1.807) is 18.2 Å². The monoisotopic (exact) mass is 301 g/mol. The lowest BCUT2D eigenvalue weighted by molar-refractivity contribution is 0.367. The SMILES string of the molecule is Cc1ccccc1OCC1=CS(=O)(=O)c2cccc(N)c21. The quantitative estimate of drug-likeness (QED) is 0.885. The van der Waals surface area contributed by atoms with Gasteiger partial charge in [0.05, 0.1) is 4.90 Å². The number of hydrogen-bond acceptors (Lipinski definition) is 4. The van der Waals surface area contributed by atoms with E-state index in [2.05, 4.69) is 0 Å². The molecule has 5 heteroatoms. The van der Waals surface area contributed by atoms with E-state index < -0.39 is 9.84 Å². The highest BCUT2D eigenvalue weighted by atomic mass is 32.2. The molecule has 4 nitrogen and oxygen atoms in total. The molecule has 2 N–H and O–H groups in total. The summed E-state index contributed by atoms with van der Waals surface area (Å²) in [5, 5.41) is 1.24. The minimum atomic E-state index is -3.41. The van der Waals surface area contributed by atoms with Gasteiger partial charge in [0, 0.05) is 22.2 Å². The summed E-state index contributed by atoms with van der Waals surface area (Å²) in [5.74, 6) is 0.735. The first-order valence-electron chi connectivity index (χ1n) is 6.52. The molecule has 108 valence electrons. The Labute approximate surface area is 123 Å². The summed E-state index contributed by atoms with van der Waals surface area (Å²) in [7, 11) is -3.41. The number of aryl methyl sites for hydroxylation is 1. The van der Waals surface area contributed by atoms with Gasteiger partial charge in [0.1, 0.15) is 12.4 Å². The van der Waals surface area contributed by atoms with Crippen LogP contribution in [-0.4, -0.2) is 15.0 Å². The number of nitrogen functional groups attached to an aromatic ring is 1. The Bertz CT molecular complexity index is 838. The maximum absolute atomic E-state index is 12.1. The number of ether oxygens (including phenoxy) is 1. The Kier molecular flexibility index (Phi) is 3.22. The molecule has 0 atom stereocenters. The van der Waals surface area contributed by atoms with Crippen LogP contribution in [0, 0.1) is 6.92 Å². The van der Waals surface area contributed by atoms with Crippen molar-refractivity contribution in [2.45, 2.75) is 11.8 Å². The van der Waals surface area contributed by atoms with Crippen LogP contribution in [0.25, 0.3) is 5.57 Å². The van der Waals surface area contributed by atoms with Gasteiger partial charge in [-0.05, 0) is 30.7 Å². The van der Waals surface area contributed by atoms with Crippen molar-refractivity contribution < 1.29 is 13.2 Å². The highest BCUT2D eigenvalue weighted by molar-refractivity contribution is 7.95. The average Bonchev–Trinajstić information content (AvgIpc) is 2.71. The van der Waals surface area contributed by atoms with E-state index >= 15 is 0 Å². The molecule has 1 heterocycles. The average molecular weight is 301 g/mol. The first-order chi connectivity index (χ1) is 9.99. The van der Waals surface area contributed by atoms with Gasteiger partial charge in [-0.1, -0.05) is 24.3 Å². The van der Waals surface area contributed by atoms with E-state index in [0.717, 1.165) is 11.3 Å². The number of anilines is 1. The lowest BCUT2D eigenvalue weighted by atomic mass is 10.1. The zero-order valence-electron chi connectivity index (χ0n) is 11.5.